The molecule has 0 radical (unpaired) electrons. The maximum atomic E-state index is 11.1. The van der Waals surface area contributed by atoms with Gasteiger partial charge in [-0.25, -0.2) is 9.78 Å². The number of hydrogen-bond acceptors (Lipinski definition) is 5. The summed E-state index contributed by atoms with van der Waals surface area (Å²) in [6.07, 6.45) is 4.37. The van der Waals surface area contributed by atoms with Crippen molar-refractivity contribution in [3.05, 3.63) is 58.7 Å². The fourth-order valence-electron chi connectivity index (χ4n) is 1.67. The number of rotatable bonds is 7. The Morgan fingerprint density at radius 3 is 2.58 bits per heavy atom. The largest absolute Gasteiger partial charge is 0.490 e. The Bertz CT molecular complexity index is 717. The van der Waals surface area contributed by atoms with Crippen molar-refractivity contribution in [2.45, 2.75) is 6.92 Å². The number of hydrogen-bond donors (Lipinski definition) is 0. The lowest BCUT2D eigenvalue weighted by Crippen LogP contribution is -2.00. The van der Waals surface area contributed by atoms with Crippen LogP contribution in [0.1, 0.15) is 6.92 Å². The Labute approximate surface area is 149 Å². The zero-order valence-electron chi connectivity index (χ0n) is 12.9. The van der Waals surface area contributed by atoms with Gasteiger partial charge >= 0.3 is 5.97 Å². The molecule has 1 aromatic heterocycles. The molecule has 0 aliphatic carbocycles. The molecule has 1 aromatic carbocycles. The predicted octanol–water partition coefficient (Wildman–Crippen LogP) is 4.68. The number of ether oxygens (including phenoxy) is 3. The molecule has 0 saturated heterocycles. The van der Waals surface area contributed by atoms with E-state index in [-0.39, 0.29) is 12.5 Å². The summed E-state index contributed by atoms with van der Waals surface area (Å²) in [5.41, 5.74) is 0. The van der Waals surface area contributed by atoms with E-state index in [4.69, 9.17) is 37.4 Å². The van der Waals surface area contributed by atoms with Crippen molar-refractivity contribution in [3.63, 3.8) is 0 Å². The van der Waals surface area contributed by atoms with E-state index in [0.29, 0.717) is 28.2 Å². The van der Waals surface area contributed by atoms with Crippen molar-refractivity contribution in [1.82, 2.24) is 4.98 Å². The molecule has 1 heterocycles. The van der Waals surface area contributed by atoms with Gasteiger partial charge in [0.15, 0.2) is 0 Å². The fraction of sp³-hybridized carbons (Fsp3) is 0.176. The second-order valence-corrected chi connectivity index (χ2v) is 5.32. The summed E-state index contributed by atoms with van der Waals surface area (Å²) in [4.78, 5) is 15.1. The van der Waals surface area contributed by atoms with Crippen LogP contribution in [0.25, 0.3) is 0 Å². The third-order valence-corrected chi connectivity index (χ3v) is 3.18. The molecule has 0 N–H and O–H groups in total. The van der Waals surface area contributed by atoms with Gasteiger partial charge in [0.25, 0.3) is 0 Å². The van der Waals surface area contributed by atoms with Crippen LogP contribution in [0.3, 0.4) is 0 Å². The first-order valence-corrected chi connectivity index (χ1v) is 7.89. The van der Waals surface area contributed by atoms with Gasteiger partial charge in [0.2, 0.25) is 5.88 Å². The fourth-order valence-corrected chi connectivity index (χ4v) is 2.09. The first-order chi connectivity index (χ1) is 11.6. The highest BCUT2D eigenvalue weighted by molar-refractivity contribution is 6.35. The number of halogens is 2. The lowest BCUT2D eigenvalue weighted by molar-refractivity contribution is -0.137. The molecule has 0 aliphatic heterocycles. The molecule has 24 heavy (non-hydrogen) atoms. The van der Waals surface area contributed by atoms with Gasteiger partial charge in [-0.05, 0) is 43.3 Å². The second kappa shape index (κ2) is 9.15. The van der Waals surface area contributed by atoms with Gasteiger partial charge in [0.05, 0.1) is 11.6 Å². The third kappa shape index (κ3) is 5.76. The highest BCUT2D eigenvalue weighted by atomic mass is 35.5. The van der Waals surface area contributed by atoms with E-state index in [9.17, 15) is 4.79 Å². The minimum atomic E-state index is -0.391. The number of pyridine rings is 1. The SMILES string of the molecule is CCOC(=O)/C=C/COc1ccc(Oc2ncc(Cl)cc2Cl)cc1. The first-order valence-electron chi connectivity index (χ1n) is 7.13. The average molecular weight is 368 g/mol. The highest BCUT2D eigenvalue weighted by Gasteiger charge is 2.06. The Morgan fingerprint density at radius 1 is 1.21 bits per heavy atom. The molecule has 0 fully saturated rings. The molecule has 7 heteroatoms. The maximum Gasteiger partial charge on any atom is 0.330 e. The number of aromatic nitrogens is 1. The van der Waals surface area contributed by atoms with Gasteiger partial charge in [0.1, 0.15) is 23.1 Å². The van der Waals surface area contributed by atoms with Crippen LogP contribution in [0.4, 0.5) is 0 Å². The lowest BCUT2D eigenvalue weighted by Gasteiger charge is -2.08. The monoisotopic (exact) mass is 367 g/mol. The van der Waals surface area contributed by atoms with E-state index in [1.54, 1.807) is 43.3 Å². The van der Waals surface area contributed by atoms with E-state index in [1.807, 2.05) is 0 Å². The van der Waals surface area contributed by atoms with Crippen LogP contribution in [0, 0.1) is 0 Å². The van der Waals surface area contributed by atoms with Crippen LogP contribution in [-0.4, -0.2) is 24.2 Å². The smallest absolute Gasteiger partial charge is 0.330 e. The van der Waals surface area contributed by atoms with Crippen LogP contribution < -0.4 is 9.47 Å². The van der Waals surface area contributed by atoms with Gasteiger partial charge < -0.3 is 14.2 Å². The van der Waals surface area contributed by atoms with Gasteiger partial charge in [-0.1, -0.05) is 23.2 Å². The summed E-state index contributed by atoms with van der Waals surface area (Å²) in [5, 5.41) is 0.763. The summed E-state index contributed by atoms with van der Waals surface area (Å²) in [6.45, 7) is 2.35. The standard InChI is InChI=1S/C17H15Cl2NO4/c1-2-22-16(21)4-3-9-23-13-5-7-14(8-6-13)24-17-15(19)10-12(18)11-20-17/h3-8,10-11H,2,9H2,1H3/b4-3+. The summed E-state index contributed by atoms with van der Waals surface area (Å²) >= 11 is 11.8. The van der Waals surface area contributed by atoms with E-state index >= 15 is 0 Å². The van der Waals surface area contributed by atoms with Gasteiger partial charge in [-0.15, -0.1) is 0 Å². The van der Waals surface area contributed by atoms with E-state index in [2.05, 4.69) is 4.98 Å². The quantitative estimate of drug-likeness (QED) is 0.525. The predicted molar refractivity (Wildman–Crippen MR) is 92.0 cm³/mol. The Balaban J connectivity index is 1.87. The molecule has 0 spiro atoms. The summed E-state index contributed by atoms with van der Waals surface area (Å²) in [6, 6.07) is 8.46. The zero-order chi connectivity index (χ0) is 17.4. The second-order valence-electron chi connectivity index (χ2n) is 4.48. The lowest BCUT2D eigenvalue weighted by atomic mass is 10.3. The molecule has 126 valence electrons. The number of carbonyl (C=O) groups excluding carboxylic acids is 1. The average Bonchev–Trinajstić information content (AvgIpc) is 2.56. The van der Waals surface area contributed by atoms with Gasteiger partial charge in [0, 0.05) is 12.3 Å². The van der Waals surface area contributed by atoms with Crippen molar-refractivity contribution >= 4 is 29.2 Å². The van der Waals surface area contributed by atoms with Crippen LogP contribution >= 0.6 is 23.2 Å². The molecule has 5 nitrogen and oxygen atoms in total. The highest BCUT2D eigenvalue weighted by Crippen LogP contribution is 2.29. The minimum Gasteiger partial charge on any atom is -0.490 e. The molecule has 0 saturated carbocycles. The van der Waals surface area contributed by atoms with Crippen LogP contribution in [0.5, 0.6) is 17.4 Å². The molecular formula is C17H15Cl2NO4. The van der Waals surface area contributed by atoms with Crippen molar-refractivity contribution in [3.8, 4) is 17.4 Å². The van der Waals surface area contributed by atoms with Crippen molar-refractivity contribution in [2.24, 2.45) is 0 Å². The Kier molecular flexibility index (Phi) is 6.90. The number of nitrogens with zero attached hydrogens (tertiary/aromatic N) is 1. The topological polar surface area (TPSA) is 57.7 Å². The van der Waals surface area contributed by atoms with Gasteiger partial charge in [-0.2, -0.15) is 0 Å². The van der Waals surface area contributed by atoms with E-state index in [1.165, 1.54) is 12.3 Å². The van der Waals surface area contributed by atoms with Gasteiger partial charge in [-0.3, -0.25) is 0 Å². The number of carbonyl (C=O) groups is 1. The molecule has 0 unspecified atom stereocenters. The van der Waals surface area contributed by atoms with Crippen LogP contribution in [0.15, 0.2) is 48.7 Å². The van der Waals surface area contributed by atoms with E-state index in [0.717, 1.165) is 0 Å². The molecule has 2 rings (SSSR count). The normalized spacial score (nSPS) is 10.6. The molecule has 0 bridgehead atoms. The van der Waals surface area contributed by atoms with E-state index < -0.39 is 5.97 Å². The zero-order valence-corrected chi connectivity index (χ0v) is 14.4. The Hall–Kier alpha value is -2.24. The Morgan fingerprint density at radius 2 is 1.92 bits per heavy atom. The summed E-state index contributed by atoms with van der Waals surface area (Å²) < 4.78 is 15.8. The molecule has 0 atom stereocenters. The van der Waals surface area contributed by atoms with Crippen molar-refractivity contribution in [1.29, 1.82) is 0 Å². The summed E-state index contributed by atoms with van der Waals surface area (Å²) in [7, 11) is 0. The maximum absolute atomic E-state index is 11.1. The molecular weight excluding hydrogens is 353 g/mol. The molecule has 0 amide bonds. The van der Waals surface area contributed by atoms with Crippen LogP contribution in [0.2, 0.25) is 10.0 Å². The molecule has 0 aliphatic rings. The number of benzene rings is 1. The van der Waals surface area contributed by atoms with Crippen LogP contribution in [-0.2, 0) is 9.53 Å². The molecule has 2 aromatic rings. The number of esters is 1. The summed E-state index contributed by atoms with van der Waals surface area (Å²) in [5.74, 6) is 1.07. The van der Waals surface area contributed by atoms with Crippen molar-refractivity contribution in [2.75, 3.05) is 13.2 Å². The third-order valence-electron chi connectivity index (χ3n) is 2.70. The first kappa shape index (κ1) is 18.1. The van der Waals surface area contributed by atoms with Crippen molar-refractivity contribution < 1.29 is 19.0 Å². The minimum absolute atomic E-state index is 0.254.